The Morgan fingerprint density at radius 1 is 0.818 bits per heavy atom. The zero-order chi connectivity index (χ0) is 23.3. The molecule has 2 aromatic heterocycles. The average Bonchev–Trinajstić information content (AvgIpc) is 3.32. The van der Waals surface area contributed by atoms with Crippen LogP contribution in [-0.2, 0) is 0 Å². The molecule has 0 aliphatic heterocycles. The Kier molecular flexibility index (Phi) is 4.41. The van der Waals surface area contributed by atoms with Crippen molar-refractivity contribution in [3.8, 4) is 29.6 Å². The number of hydrogen-bond acceptors (Lipinski definition) is 5. The molecular formula is C25H8F3N5. The Morgan fingerprint density at radius 2 is 1.42 bits per heavy atom. The van der Waals surface area contributed by atoms with Crippen LogP contribution in [0.15, 0.2) is 59.9 Å². The number of benzene rings is 1. The van der Waals surface area contributed by atoms with Gasteiger partial charge in [0.1, 0.15) is 23.5 Å². The maximum absolute atomic E-state index is 15.1. The van der Waals surface area contributed by atoms with Gasteiger partial charge in [-0.25, -0.2) is 13.2 Å². The minimum absolute atomic E-state index is 0.0639. The highest BCUT2D eigenvalue weighted by molar-refractivity contribution is 6.20. The summed E-state index contributed by atoms with van der Waals surface area (Å²) in [5.74, 6) is -3.99. The van der Waals surface area contributed by atoms with Gasteiger partial charge in [0.05, 0.1) is 17.5 Å². The van der Waals surface area contributed by atoms with Crippen LogP contribution in [0.1, 0.15) is 22.3 Å². The summed E-state index contributed by atoms with van der Waals surface area (Å²) in [6.07, 6.45) is 4.07. The van der Waals surface area contributed by atoms with Crippen molar-refractivity contribution in [1.29, 1.82) is 15.8 Å². The minimum Gasteiger partial charge on any atom is -0.254 e. The first-order valence-electron chi connectivity index (χ1n) is 9.52. The van der Waals surface area contributed by atoms with Crippen molar-refractivity contribution in [2.75, 3.05) is 0 Å². The summed E-state index contributed by atoms with van der Waals surface area (Å²) in [4.78, 5) is 8.73. The van der Waals surface area contributed by atoms with Crippen LogP contribution in [-0.4, -0.2) is 9.97 Å². The van der Waals surface area contributed by atoms with Crippen LogP contribution in [0.5, 0.6) is 0 Å². The number of halogens is 3. The first kappa shape index (κ1) is 19.9. The van der Waals surface area contributed by atoms with Gasteiger partial charge in [-0.3, -0.25) is 9.97 Å². The number of pyridine rings is 2. The van der Waals surface area contributed by atoms with Crippen molar-refractivity contribution in [2.45, 2.75) is 0 Å². The quantitative estimate of drug-likeness (QED) is 0.283. The highest BCUT2D eigenvalue weighted by atomic mass is 19.2. The normalized spacial score (nSPS) is 14.3. The summed E-state index contributed by atoms with van der Waals surface area (Å²) in [5, 5.41) is 28.7. The third-order valence-electron chi connectivity index (χ3n) is 5.52. The number of hydrogen-bond donors (Lipinski definition) is 0. The van der Waals surface area contributed by atoms with E-state index in [1.165, 1.54) is 0 Å². The standard InChI is InChI=1S/C25H8F3N5/c26-16-9-17(27)23(28)21-13(5-6-29)20(18(22(16)21)12(10-30)11-31)19-14-3-1-7-32-24(14)25-15(19)4-2-8-33-25/h1-5,7-9H/b13-5-. The molecule has 0 radical (unpaired) electrons. The lowest BCUT2D eigenvalue weighted by molar-refractivity contribution is 0.492. The third-order valence-corrected chi connectivity index (χ3v) is 5.52. The molecule has 0 saturated heterocycles. The van der Waals surface area contributed by atoms with Gasteiger partial charge in [-0.15, -0.1) is 0 Å². The molecule has 2 heterocycles. The number of aromatic nitrogens is 2. The molecule has 0 amide bonds. The molecule has 2 aliphatic carbocycles. The van der Waals surface area contributed by atoms with Gasteiger partial charge in [0.2, 0.25) is 0 Å². The topological polar surface area (TPSA) is 97.2 Å². The Morgan fingerprint density at radius 3 is 1.97 bits per heavy atom. The molecule has 0 saturated carbocycles. The molecule has 8 heteroatoms. The molecule has 33 heavy (non-hydrogen) atoms. The fraction of sp³-hybridized carbons (Fsp3) is 0. The number of fused-ring (bicyclic) bond motifs is 4. The Balaban J connectivity index is 2.07. The first-order valence-corrected chi connectivity index (χ1v) is 9.52. The smallest absolute Gasteiger partial charge is 0.167 e. The van der Waals surface area contributed by atoms with E-state index in [4.69, 9.17) is 0 Å². The molecule has 2 aliphatic rings. The third kappa shape index (κ3) is 2.64. The first-order chi connectivity index (χ1) is 16.0. The second-order valence-electron chi connectivity index (χ2n) is 7.11. The maximum Gasteiger partial charge on any atom is 0.167 e. The number of allylic oxidation sites excluding steroid dienone is 5. The molecule has 5 rings (SSSR count). The fourth-order valence-corrected chi connectivity index (χ4v) is 4.34. The molecule has 5 nitrogen and oxygen atoms in total. The van der Waals surface area contributed by atoms with Crippen molar-refractivity contribution in [3.05, 3.63) is 99.7 Å². The Hall–Kier alpha value is -5.00. The summed E-state index contributed by atoms with van der Waals surface area (Å²) in [6, 6.07) is 12.3. The van der Waals surface area contributed by atoms with Crippen LogP contribution in [0.4, 0.5) is 13.2 Å². The van der Waals surface area contributed by atoms with Gasteiger partial charge in [0.15, 0.2) is 11.6 Å². The Bertz CT molecular complexity index is 1560. The fourth-order valence-electron chi connectivity index (χ4n) is 4.34. The monoisotopic (exact) mass is 435 g/mol. The molecule has 0 unspecified atom stereocenters. The second kappa shape index (κ2) is 7.30. The van der Waals surface area contributed by atoms with Crippen LogP contribution >= 0.6 is 0 Å². The van der Waals surface area contributed by atoms with Gasteiger partial charge in [-0.05, 0) is 12.1 Å². The van der Waals surface area contributed by atoms with E-state index in [1.54, 1.807) is 54.9 Å². The van der Waals surface area contributed by atoms with E-state index >= 15 is 8.78 Å². The predicted octanol–water partition coefficient (Wildman–Crippen LogP) is 5.10. The summed E-state index contributed by atoms with van der Waals surface area (Å²) in [5.41, 5.74) is 0.680. The minimum atomic E-state index is -1.45. The summed E-state index contributed by atoms with van der Waals surface area (Å²) >= 11 is 0. The van der Waals surface area contributed by atoms with E-state index in [9.17, 15) is 20.2 Å². The van der Waals surface area contributed by atoms with Gasteiger partial charge >= 0.3 is 0 Å². The lowest BCUT2D eigenvalue weighted by Gasteiger charge is -2.11. The van der Waals surface area contributed by atoms with Gasteiger partial charge in [0.25, 0.3) is 0 Å². The van der Waals surface area contributed by atoms with E-state index in [0.717, 1.165) is 6.08 Å². The molecule has 1 aromatic carbocycles. The largest absolute Gasteiger partial charge is 0.254 e. The van der Waals surface area contributed by atoms with Crippen molar-refractivity contribution < 1.29 is 13.2 Å². The summed E-state index contributed by atoms with van der Waals surface area (Å²) in [6.45, 7) is 0. The number of nitrogens with zero attached hydrogens (tertiary/aromatic N) is 5. The molecule has 0 bridgehead atoms. The van der Waals surface area contributed by atoms with Crippen molar-refractivity contribution in [1.82, 2.24) is 9.97 Å². The SMILES string of the molecule is N#C/C=C1/C(=C2c3cccnc3-c3ncccc32)C(=C(C#N)C#N)c2c(F)cc(F)c(F)c21. The number of nitriles is 3. The molecular weight excluding hydrogens is 427 g/mol. The Labute approximate surface area is 185 Å². The molecule has 3 aromatic rings. The lowest BCUT2D eigenvalue weighted by Crippen LogP contribution is -1.98. The van der Waals surface area contributed by atoms with Gasteiger partial charge in [0, 0.05) is 69.1 Å². The van der Waals surface area contributed by atoms with Crippen molar-refractivity contribution in [2.24, 2.45) is 0 Å². The van der Waals surface area contributed by atoms with Crippen molar-refractivity contribution in [3.63, 3.8) is 0 Å². The molecule has 0 atom stereocenters. The lowest BCUT2D eigenvalue weighted by atomic mass is 9.89. The van der Waals surface area contributed by atoms with Crippen LogP contribution in [0.25, 0.3) is 28.1 Å². The van der Waals surface area contributed by atoms with Crippen LogP contribution < -0.4 is 0 Å². The van der Waals surface area contributed by atoms with E-state index in [2.05, 4.69) is 9.97 Å². The highest BCUT2D eigenvalue weighted by Crippen LogP contribution is 2.55. The van der Waals surface area contributed by atoms with E-state index in [1.807, 2.05) is 0 Å². The maximum atomic E-state index is 15.1. The van der Waals surface area contributed by atoms with Crippen LogP contribution in [0, 0.1) is 51.4 Å². The van der Waals surface area contributed by atoms with E-state index in [0.29, 0.717) is 34.2 Å². The summed E-state index contributed by atoms with van der Waals surface area (Å²) in [7, 11) is 0. The van der Waals surface area contributed by atoms with Gasteiger partial charge in [-0.1, -0.05) is 12.1 Å². The zero-order valence-corrected chi connectivity index (χ0v) is 16.5. The van der Waals surface area contributed by atoms with Crippen LogP contribution in [0.2, 0.25) is 0 Å². The van der Waals surface area contributed by atoms with E-state index < -0.39 is 34.2 Å². The highest BCUT2D eigenvalue weighted by Gasteiger charge is 2.40. The molecule has 0 spiro atoms. The second-order valence-corrected chi connectivity index (χ2v) is 7.11. The average molecular weight is 435 g/mol. The van der Waals surface area contributed by atoms with Gasteiger partial charge < -0.3 is 0 Å². The molecule has 0 fully saturated rings. The van der Waals surface area contributed by atoms with Gasteiger partial charge in [-0.2, -0.15) is 15.8 Å². The summed E-state index contributed by atoms with van der Waals surface area (Å²) < 4.78 is 44.3. The number of rotatable bonds is 0. The van der Waals surface area contributed by atoms with Crippen molar-refractivity contribution >= 4 is 16.7 Å². The van der Waals surface area contributed by atoms with E-state index in [-0.39, 0.29) is 16.7 Å². The van der Waals surface area contributed by atoms with Crippen LogP contribution in [0.3, 0.4) is 0 Å². The molecule has 154 valence electrons. The zero-order valence-electron chi connectivity index (χ0n) is 16.5. The molecule has 0 N–H and O–H groups in total. The predicted molar refractivity (Wildman–Crippen MR) is 112 cm³/mol.